The summed E-state index contributed by atoms with van der Waals surface area (Å²) in [7, 11) is -3.88. The average molecular weight is 512 g/mol. The number of rotatable bonds is 7. The first-order valence-corrected chi connectivity index (χ1v) is 13.2. The maximum Gasteiger partial charge on any atom is 0.234 e. The van der Waals surface area contributed by atoms with E-state index in [0.29, 0.717) is 16.5 Å². The molecule has 0 saturated carbocycles. The van der Waals surface area contributed by atoms with Gasteiger partial charge in [-0.25, -0.2) is 13.4 Å². The fraction of sp³-hybridized carbons (Fsp3) is 0.120. The Morgan fingerprint density at radius 3 is 2.35 bits per heavy atom. The number of hydrogen-bond donors (Lipinski definition) is 2. The van der Waals surface area contributed by atoms with E-state index in [1.165, 1.54) is 0 Å². The summed E-state index contributed by atoms with van der Waals surface area (Å²) >= 11 is 7.25. The lowest BCUT2D eigenvalue weighted by Gasteiger charge is -2.08. The maximum atomic E-state index is 13.4. The topological polar surface area (TPSA) is 91.9 Å². The molecule has 3 aromatic carbocycles. The van der Waals surface area contributed by atoms with E-state index in [0.717, 1.165) is 28.5 Å². The second-order valence-electron chi connectivity index (χ2n) is 7.72. The molecule has 6 nitrogen and oxygen atoms in total. The highest BCUT2D eigenvalue weighted by atomic mass is 35.5. The van der Waals surface area contributed by atoms with Gasteiger partial charge in [0.2, 0.25) is 15.7 Å². The van der Waals surface area contributed by atoms with Crippen molar-refractivity contribution >= 4 is 44.8 Å². The highest BCUT2D eigenvalue weighted by Crippen LogP contribution is 2.32. The molecule has 0 atom stereocenters. The third kappa shape index (κ3) is 5.35. The molecule has 34 heavy (non-hydrogen) atoms. The van der Waals surface area contributed by atoms with Crippen molar-refractivity contribution in [2.75, 3.05) is 11.1 Å². The summed E-state index contributed by atoms with van der Waals surface area (Å²) in [5.74, 6) is 0.0501. The summed E-state index contributed by atoms with van der Waals surface area (Å²) in [6.45, 7) is 3.80. The van der Waals surface area contributed by atoms with Crippen LogP contribution in [0.4, 0.5) is 5.69 Å². The van der Waals surface area contributed by atoms with Crippen LogP contribution in [-0.2, 0) is 14.6 Å². The second-order valence-corrected chi connectivity index (χ2v) is 11.0. The van der Waals surface area contributed by atoms with Gasteiger partial charge in [0.15, 0.2) is 5.03 Å². The van der Waals surface area contributed by atoms with Gasteiger partial charge in [-0.3, -0.25) is 4.79 Å². The van der Waals surface area contributed by atoms with Gasteiger partial charge in [0.1, 0.15) is 10.9 Å². The number of aryl methyl sites for hydroxylation is 2. The van der Waals surface area contributed by atoms with Crippen LogP contribution < -0.4 is 5.32 Å². The molecule has 4 aromatic rings. The number of halogens is 1. The fourth-order valence-electron chi connectivity index (χ4n) is 3.23. The number of aromatic nitrogens is 2. The molecular weight excluding hydrogens is 490 g/mol. The van der Waals surface area contributed by atoms with Crippen molar-refractivity contribution in [3.63, 3.8) is 0 Å². The third-order valence-electron chi connectivity index (χ3n) is 5.03. The Morgan fingerprint density at radius 2 is 1.68 bits per heavy atom. The summed E-state index contributed by atoms with van der Waals surface area (Å²) < 4.78 is 26.8. The van der Waals surface area contributed by atoms with Crippen LogP contribution in [0.15, 0.2) is 87.7 Å². The Hall–Kier alpha value is -3.07. The Balaban J connectivity index is 1.63. The van der Waals surface area contributed by atoms with Crippen LogP contribution in [0.5, 0.6) is 0 Å². The monoisotopic (exact) mass is 511 g/mol. The van der Waals surface area contributed by atoms with Crippen LogP contribution in [0.2, 0.25) is 5.02 Å². The molecule has 0 unspecified atom stereocenters. The first-order chi connectivity index (χ1) is 16.2. The van der Waals surface area contributed by atoms with Gasteiger partial charge in [-0.05, 0) is 43.7 Å². The van der Waals surface area contributed by atoms with Crippen LogP contribution in [-0.4, -0.2) is 30.0 Å². The summed E-state index contributed by atoms with van der Waals surface area (Å²) in [4.78, 5) is 20.2. The van der Waals surface area contributed by atoms with Gasteiger partial charge in [0.25, 0.3) is 0 Å². The number of benzene rings is 3. The number of aromatic amines is 1. The molecule has 1 heterocycles. The van der Waals surface area contributed by atoms with Crippen molar-refractivity contribution < 1.29 is 13.2 Å². The molecule has 0 aliphatic heterocycles. The molecule has 9 heteroatoms. The lowest BCUT2D eigenvalue weighted by molar-refractivity contribution is -0.113. The van der Waals surface area contributed by atoms with Gasteiger partial charge >= 0.3 is 0 Å². The van der Waals surface area contributed by atoms with E-state index in [9.17, 15) is 13.2 Å². The molecule has 0 radical (unpaired) electrons. The molecule has 1 amide bonds. The second kappa shape index (κ2) is 10.0. The van der Waals surface area contributed by atoms with Crippen LogP contribution >= 0.6 is 23.4 Å². The molecule has 0 aliphatic rings. The van der Waals surface area contributed by atoms with Gasteiger partial charge in [-0.1, -0.05) is 77.5 Å². The van der Waals surface area contributed by atoms with Gasteiger partial charge in [0, 0.05) is 5.56 Å². The number of imidazole rings is 1. The van der Waals surface area contributed by atoms with Gasteiger partial charge in [-0.15, -0.1) is 0 Å². The van der Waals surface area contributed by atoms with Gasteiger partial charge in [0.05, 0.1) is 21.4 Å². The third-order valence-corrected chi connectivity index (χ3v) is 8.17. The number of sulfone groups is 1. The van der Waals surface area contributed by atoms with Crippen molar-refractivity contribution in [3.05, 3.63) is 88.9 Å². The summed E-state index contributed by atoms with van der Waals surface area (Å²) in [6.07, 6.45) is 0. The van der Waals surface area contributed by atoms with Crippen molar-refractivity contribution in [3.8, 4) is 11.4 Å². The molecule has 0 fully saturated rings. The van der Waals surface area contributed by atoms with E-state index >= 15 is 0 Å². The summed E-state index contributed by atoms with van der Waals surface area (Å²) in [5.41, 5.74) is 3.17. The number of carbonyl (C=O) groups is 1. The predicted molar refractivity (Wildman–Crippen MR) is 136 cm³/mol. The largest absolute Gasteiger partial charge is 0.328 e. The normalized spacial score (nSPS) is 11.4. The molecule has 4 rings (SSSR count). The summed E-state index contributed by atoms with van der Waals surface area (Å²) in [5, 5.41) is 3.39. The number of thioether (sulfide) groups is 1. The van der Waals surface area contributed by atoms with E-state index in [1.807, 2.05) is 50.2 Å². The number of nitrogens with zero attached hydrogens (tertiary/aromatic N) is 1. The average Bonchev–Trinajstić information content (AvgIpc) is 3.26. The van der Waals surface area contributed by atoms with Crippen LogP contribution in [0.3, 0.4) is 0 Å². The number of hydrogen-bond acceptors (Lipinski definition) is 5. The number of anilines is 1. The number of carbonyl (C=O) groups excluding carboxylic acids is 1. The number of amides is 1. The molecule has 0 spiro atoms. The van der Waals surface area contributed by atoms with Crippen LogP contribution in [0, 0.1) is 13.8 Å². The Labute approximate surface area is 207 Å². The standard InChI is InChI=1S/C25H22ClN3O3S2/c1-16-8-11-19(12-9-16)34(31,32)25-24(28-23(29-25)18-6-4-3-5-7-18)33-15-22(30)27-21-13-10-17(2)14-20(21)26/h3-14H,15H2,1-2H3,(H,27,30)(H,28,29). The van der Waals surface area contributed by atoms with Crippen LogP contribution in [0.1, 0.15) is 11.1 Å². The van der Waals surface area contributed by atoms with E-state index in [4.69, 9.17) is 11.6 Å². The first-order valence-electron chi connectivity index (χ1n) is 10.4. The zero-order valence-corrected chi connectivity index (χ0v) is 20.9. The van der Waals surface area contributed by atoms with E-state index in [2.05, 4.69) is 15.3 Å². The quantitative estimate of drug-likeness (QED) is 0.301. The van der Waals surface area contributed by atoms with Gasteiger partial charge < -0.3 is 10.3 Å². The van der Waals surface area contributed by atoms with E-state index < -0.39 is 9.84 Å². The number of H-pyrrole nitrogens is 1. The first kappa shape index (κ1) is 24.1. The van der Waals surface area contributed by atoms with Crippen molar-refractivity contribution in [1.82, 2.24) is 9.97 Å². The summed E-state index contributed by atoms with van der Waals surface area (Å²) in [6, 6.07) is 21.2. The zero-order chi connectivity index (χ0) is 24.3. The molecule has 174 valence electrons. The highest BCUT2D eigenvalue weighted by molar-refractivity contribution is 8.00. The van der Waals surface area contributed by atoms with Crippen molar-refractivity contribution in [1.29, 1.82) is 0 Å². The molecular formula is C25H22ClN3O3S2. The molecule has 1 aromatic heterocycles. The van der Waals surface area contributed by atoms with Crippen molar-refractivity contribution in [2.45, 2.75) is 28.8 Å². The maximum absolute atomic E-state index is 13.4. The molecule has 2 N–H and O–H groups in total. The Bertz CT molecular complexity index is 1430. The molecule has 0 saturated heterocycles. The van der Waals surface area contributed by atoms with Gasteiger partial charge in [-0.2, -0.15) is 0 Å². The minimum Gasteiger partial charge on any atom is -0.328 e. The molecule has 0 bridgehead atoms. The lowest BCUT2D eigenvalue weighted by atomic mass is 10.2. The molecule has 0 aliphatic carbocycles. The number of nitrogens with one attached hydrogen (secondary N) is 2. The zero-order valence-electron chi connectivity index (χ0n) is 18.5. The Morgan fingerprint density at radius 1 is 1.00 bits per heavy atom. The highest BCUT2D eigenvalue weighted by Gasteiger charge is 2.27. The Kier molecular flexibility index (Phi) is 7.11. The van der Waals surface area contributed by atoms with E-state index in [-0.39, 0.29) is 26.6 Å². The minimum absolute atomic E-state index is 0.0404. The SMILES string of the molecule is Cc1ccc(S(=O)(=O)c2[nH]c(-c3ccccc3)nc2SCC(=O)Nc2ccc(C)cc2Cl)cc1. The van der Waals surface area contributed by atoms with Crippen molar-refractivity contribution in [2.24, 2.45) is 0 Å². The van der Waals surface area contributed by atoms with Crippen LogP contribution in [0.25, 0.3) is 11.4 Å². The minimum atomic E-state index is -3.88. The fourth-order valence-corrected chi connectivity index (χ4v) is 5.93. The predicted octanol–water partition coefficient (Wildman–Crippen LogP) is 5.91. The smallest absolute Gasteiger partial charge is 0.234 e. The van der Waals surface area contributed by atoms with E-state index in [1.54, 1.807) is 36.4 Å². The lowest BCUT2D eigenvalue weighted by Crippen LogP contribution is -2.14.